The van der Waals surface area contributed by atoms with Crippen molar-refractivity contribution in [3.63, 3.8) is 0 Å². The minimum atomic E-state index is 0.0333. The number of aromatic nitrogens is 2. The lowest BCUT2D eigenvalue weighted by atomic mass is 10.1. The van der Waals surface area contributed by atoms with E-state index in [0.29, 0.717) is 31.9 Å². The highest BCUT2D eigenvalue weighted by molar-refractivity contribution is 5.90. The van der Waals surface area contributed by atoms with E-state index < -0.39 is 0 Å². The van der Waals surface area contributed by atoms with Crippen LogP contribution in [0.5, 0.6) is 0 Å². The number of nitrogens with one attached hydrogen (secondary N) is 1. The zero-order valence-corrected chi connectivity index (χ0v) is 16.3. The SMILES string of the molecule is CCCCC(=O)Nc1ccc(CC(=O)N2CCN(c3ncccn3)CC2)cc1. The number of carbonyl (C=O) groups is 2. The van der Waals surface area contributed by atoms with Crippen LogP contribution < -0.4 is 10.2 Å². The first kappa shape index (κ1) is 19.8. The predicted octanol–water partition coefficient (Wildman–Crippen LogP) is 2.50. The Morgan fingerprint density at radius 1 is 1.04 bits per heavy atom. The molecule has 7 heteroatoms. The molecule has 0 bridgehead atoms. The number of anilines is 2. The number of nitrogens with zero attached hydrogens (tertiary/aromatic N) is 4. The van der Waals surface area contributed by atoms with Crippen LogP contribution in [0.1, 0.15) is 31.7 Å². The summed E-state index contributed by atoms with van der Waals surface area (Å²) >= 11 is 0. The third-order valence-electron chi connectivity index (χ3n) is 4.82. The van der Waals surface area contributed by atoms with Gasteiger partial charge in [0.2, 0.25) is 17.8 Å². The standard InChI is InChI=1S/C21H27N5O2/c1-2-3-5-19(27)24-18-8-6-17(7-9-18)16-20(28)25-12-14-26(15-13-25)21-22-10-4-11-23-21/h4,6-11H,2-3,5,12-16H2,1H3,(H,24,27). The van der Waals surface area contributed by atoms with E-state index in [0.717, 1.165) is 37.2 Å². The Morgan fingerprint density at radius 3 is 2.36 bits per heavy atom. The second-order valence-electron chi connectivity index (χ2n) is 6.94. The number of amides is 2. The minimum Gasteiger partial charge on any atom is -0.339 e. The molecule has 2 heterocycles. The molecular formula is C21H27N5O2. The van der Waals surface area contributed by atoms with Gasteiger partial charge in [0, 0.05) is 50.7 Å². The Kier molecular flexibility index (Phi) is 6.94. The van der Waals surface area contributed by atoms with Gasteiger partial charge in [0.1, 0.15) is 0 Å². The summed E-state index contributed by atoms with van der Waals surface area (Å²) in [6, 6.07) is 9.32. The summed E-state index contributed by atoms with van der Waals surface area (Å²) in [5, 5.41) is 2.89. The molecule has 1 aliphatic rings. The lowest BCUT2D eigenvalue weighted by molar-refractivity contribution is -0.130. The first-order chi connectivity index (χ1) is 13.7. The van der Waals surface area contributed by atoms with Crippen molar-refractivity contribution in [1.82, 2.24) is 14.9 Å². The van der Waals surface area contributed by atoms with Crippen molar-refractivity contribution in [3.8, 4) is 0 Å². The van der Waals surface area contributed by atoms with Crippen LogP contribution in [0.4, 0.5) is 11.6 Å². The van der Waals surface area contributed by atoms with Crippen molar-refractivity contribution >= 4 is 23.5 Å². The molecule has 0 radical (unpaired) electrons. The number of unbranched alkanes of at least 4 members (excludes halogenated alkanes) is 1. The molecule has 0 aliphatic carbocycles. The first-order valence-corrected chi connectivity index (χ1v) is 9.84. The van der Waals surface area contributed by atoms with Crippen LogP contribution in [0.3, 0.4) is 0 Å². The van der Waals surface area contributed by atoms with Crippen molar-refractivity contribution in [1.29, 1.82) is 0 Å². The number of carbonyl (C=O) groups excluding carboxylic acids is 2. The maximum Gasteiger partial charge on any atom is 0.227 e. The van der Waals surface area contributed by atoms with E-state index in [-0.39, 0.29) is 11.8 Å². The molecule has 0 saturated carbocycles. The maximum atomic E-state index is 12.6. The minimum absolute atomic E-state index is 0.0333. The second kappa shape index (κ2) is 9.82. The summed E-state index contributed by atoms with van der Waals surface area (Å²) in [5.41, 5.74) is 1.72. The molecule has 2 amide bonds. The summed E-state index contributed by atoms with van der Waals surface area (Å²) in [5.74, 6) is 0.866. The van der Waals surface area contributed by atoms with E-state index in [1.165, 1.54) is 0 Å². The van der Waals surface area contributed by atoms with Gasteiger partial charge in [-0.25, -0.2) is 9.97 Å². The molecule has 2 aromatic rings. The number of rotatable bonds is 7. The molecule has 0 unspecified atom stereocenters. The van der Waals surface area contributed by atoms with Gasteiger partial charge in [0.25, 0.3) is 0 Å². The first-order valence-electron chi connectivity index (χ1n) is 9.84. The number of benzene rings is 1. The zero-order valence-electron chi connectivity index (χ0n) is 16.3. The molecule has 1 aromatic heterocycles. The molecule has 1 saturated heterocycles. The Morgan fingerprint density at radius 2 is 1.71 bits per heavy atom. The van der Waals surface area contributed by atoms with Gasteiger partial charge in [-0.3, -0.25) is 9.59 Å². The summed E-state index contributed by atoms with van der Waals surface area (Å²) in [7, 11) is 0. The third kappa shape index (κ3) is 5.52. The highest BCUT2D eigenvalue weighted by Gasteiger charge is 2.22. The average Bonchev–Trinajstić information content (AvgIpc) is 2.74. The summed E-state index contributed by atoms with van der Waals surface area (Å²) in [6.45, 7) is 4.87. The van der Waals surface area contributed by atoms with Crippen molar-refractivity contribution in [2.75, 3.05) is 36.4 Å². The monoisotopic (exact) mass is 381 g/mol. The third-order valence-corrected chi connectivity index (χ3v) is 4.82. The van der Waals surface area contributed by atoms with E-state index >= 15 is 0 Å². The average molecular weight is 381 g/mol. The van der Waals surface area contributed by atoms with Crippen molar-refractivity contribution in [2.24, 2.45) is 0 Å². The zero-order chi connectivity index (χ0) is 19.8. The molecule has 148 valence electrons. The summed E-state index contributed by atoms with van der Waals surface area (Å²) < 4.78 is 0. The van der Waals surface area contributed by atoms with E-state index in [4.69, 9.17) is 0 Å². The van der Waals surface area contributed by atoms with Gasteiger partial charge in [-0.05, 0) is 30.2 Å². The maximum absolute atomic E-state index is 12.6. The normalized spacial score (nSPS) is 14.0. The lowest BCUT2D eigenvalue weighted by Gasteiger charge is -2.34. The molecule has 28 heavy (non-hydrogen) atoms. The molecule has 1 aliphatic heterocycles. The second-order valence-corrected chi connectivity index (χ2v) is 6.94. The van der Waals surface area contributed by atoms with Gasteiger partial charge in [-0.2, -0.15) is 0 Å². The summed E-state index contributed by atoms with van der Waals surface area (Å²) in [6.07, 6.45) is 6.26. The molecule has 0 spiro atoms. The van der Waals surface area contributed by atoms with Crippen LogP contribution in [0, 0.1) is 0 Å². The van der Waals surface area contributed by atoms with Crippen molar-refractivity contribution in [2.45, 2.75) is 32.6 Å². The molecule has 7 nitrogen and oxygen atoms in total. The van der Waals surface area contributed by atoms with Gasteiger partial charge in [0.05, 0.1) is 6.42 Å². The Bertz CT molecular complexity index is 771. The summed E-state index contributed by atoms with van der Waals surface area (Å²) in [4.78, 5) is 36.9. The van der Waals surface area contributed by atoms with Crippen molar-refractivity contribution in [3.05, 3.63) is 48.3 Å². The van der Waals surface area contributed by atoms with E-state index in [1.807, 2.05) is 29.2 Å². The fourth-order valence-electron chi connectivity index (χ4n) is 3.16. The van der Waals surface area contributed by atoms with Gasteiger partial charge in [0.15, 0.2) is 0 Å². The van der Waals surface area contributed by atoms with Crippen LogP contribution in [-0.4, -0.2) is 52.9 Å². The number of hydrogen-bond donors (Lipinski definition) is 1. The van der Waals surface area contributed by atoms with Crippen LogP contribution >= 0.6 is 0 Å². The largest absolute Gasteiger partial charge is 0.339 e. The van der Waals surface area contributed by atoms with E-state index in [1.54, 1.807) is 18.5 Å². The topological polar surface area (TPSA) is 78.4 Å². The fourth-order valence-corrected chi connectivity index (χ4v) is 3.16. The fraction of sp³-hybridized carbons (Fsp3) is 0.429. The number of hydrogen-bond acceptors (Lipinski definition) is 5. The predicted molar refractivity (Wildman–Crippen MR) is 109 cm³/mol. The van der Waals surface area contributed by atoms with Crippen LogP contribution in [0.2, 0.25) is 0 Å². The van der Waals surface area contributed by atoms with Crippen LogP contribution in [0.15, 0.2) is 42.7 Å². The molecular weight excluding hydrogens is 354 g/mol. The lowest BCUT2D eigenvalue weighted by Crippen LogP contribution is -2.49. The van der Waals surface area contributed by atoms with Gasteiger partial charge < -0.3 is 15.1 Å². The highest BCUT2D eigenvalue weighted by Crippen LogP contribution is 2.14. The Balaban J connectivity index is 1.46. The van der Waals surface area contributed by atoms with Gasteiger partial charge in [-0.1, -0.05) is 25.5 Å². The van der Waals surface area contributed by atoms with Gasteiger partial charge >= 0.3 is 0 Å². The highest BCUT2D eigenvalue weighted by atomic mass is 16.2. The van der Waals surface area contributed by atoms with Crippen molar-refractivity contribution < 1.29 is 9.59 Å². The Labute approximate surface area is 165 Å². The molecule has 1 fully saturated rings. The molecule has 0 atom stereocenters. The van der Waals surface area contributed by atoms with E-state index in [9.17, 15) is 9.59 Å². The van der Waals surface area contributed by atoms with Crippen LogP contribution in [-0.2, 0) is 16.0 Å². The molecule has 3 rings (SSSR count). The van der Waals surface area contributed by atoms with Crippen LogP contribution in [0.25, 0.3) is 0 Å². The number of piperazine rings is 1. The van der Waals surface area contributed by atoms with E-state index in [2.05, 4.69) is 27.1 Å². The molecule has 1 aromatic carbocycles. The molecule has 1 N–H and O–H groups in total. The smallest absolute Gasteiger partial charge is 0.227 e. The van der Waals surface area contributed by atoms with Gasteiger partial charge in [-0.15, -0.1) is 0 Å². The quantitative estimate of drug-likeness (QED) is 0.797. The Hall–Kier alpha value is -2.96.